The second-order valence-corrected chi connectivity index (χ2v) is 3.59. The minimum absolute atomic E-state index is 0.275. The molecule has 0 aliphatic heterocycles. The fraction of sp³-hybridized carbons (Fsp3) is 0.545. The summed E-state index contributed by atoms with van der Waals surface area (Å²) < 4.78 is 0. The zero-order chi connectivity index (χ0) is 11.6. The predicted octanol–water partition coefficient (Wildman–Crippen LogP) is 1.92. The van der Waals surface area contributed by atoms with E-state index in [0.29, 0.717) is 0 Å². The zero-order valence-corrected chi connectivity index (χ0v) is 9.22. The summed E-state index contributed by atoms with van der Waals surface area (Å²) in [7, 11) is 0. The van der Waals surface area contributed by atoms with Gasteiger partial charge in [0.05, 0.1) is 0 Å². The third-order valence-corrected chi connectivity index (χ3v) is 2.20. The van der Waals surface area contributed by atoms with Crippen molar-refractivity contribution in [1.82, 2.24) is 10.2 Å². The largest absolute Gasteiger partial charge is 0.481 e. The summed E-state index contributed by atoms with van der Waals surface area (Å²) in [4.78, 5) is 10.2. The molecule has 5 nitrogen and oxygen atoms in total. The Hall–Kier alpha value is -1.65. The third-order valence-electron chi connectivity index (χ3n) is 2.20. The molecule has 0 spiro atoms. The number of hydrogen-bond acceptors (Lipinski definition) is 4. The number of carboxylic acid groups (broad SMARTS) is 1. The van der Waals surface area contributed by atoms with Gasteiger partial charge in [-0.3, -0.25) is 4.79 Å². The highest BCUT2D eigenvalue weighted by Gasteiger charge is 1.96. The van der Waals surface area contributed by atoms with Crippen LogP contribution >= 0.6 is 0 Å². The maximum Gasteiger partial charge on any atom is 0.303 e. The Bertz CT molecular complexity index is 303. The predicted molar refractivity (Wildman–Crippen MR) is 61.2 cm³/mol. The number of carbonyl (C=O) groups is 1. The van der Waals surface area contributed by atoms with Gasteiger partial charge in [0.25, 0.3) is 0 Å². The van der Waals surface area contributed by atoms with E-state index < -0.39 is 5.97 Å². The first-order valence-electron chi connectivity index (χ1n) is 5.52. The molecular weight excluding hydrogens is 206 g/mol. The van der Waals surface area contributed by atoms with Crippen LogP contribution in [0, 0.1) is 0 Å². The van der Waals surface area contributed by atoms with E-state index in [1.165, 1.54) is 0 Å². The number of anilines is 1. The van der Waals surface area contributed by atoms with Gasteiger partial charge in [-0.2, -0.15) is 5.10 Å². The average molecular weight is 223 g/mol. The number of aromatic nitrogens is 2. The van der Waals surface area contributed by atoms with Crippen LogP contribution in [0.3, 0.4) is 0 Å². The van der Waals surface area contributed by atoms with E-state index in [9.17, 15) is 4.79 Å². The molecule has 16 heavy (non-hydrogen) atoms. The van der Waals surface area contributed by atoms with Crippen LogP contribution in [0.5, 0.6) is 0 Å². The van der Waals surface area contributed by atoms with E-state index in [4.69, 9.17) is 5.11 Å². The second kappa shape index (κ2) is 7.62. The Kier molecular flexibility index (Phi) is 5.91. The summed E-state index contributed by atoms with van der Waals surface area (Å²) in [5.41, 5.74) is 0. The minimum atomic E-state index is -0.710. The molecular formula is C11H17N3O2. The Morgan fingerprint density at radius 2 is 2.12 bits per heavy atom. The first-order valence-corrected chi connectivity index (χ1v) is 5.52. The number of aliphatic carboxylic acids is 1. The van der Waals surface area contributed by atoms with E-state index in [-0.39, 0.29) is 6.42 Å². The highest BCUT2D eigenvalue weighted by atomic mass is 16.4. The maximum atomic E-state index is 10.2. The van der Waals surface area contributed by atoms with Crippen molar-refractivity contribution in [2.75, 3.05) is 11.9 Å². The Balaban J connectivity index is 1.94. The molecule has 1 heterocycles. The Labute approximate surface area is 94.9 Å². The molecule has 0 radical (unpaired) electrons. The molecule has 0 aliphatic rings. The molecule has 1 rings (SSSR count). The summed E-state index contributed by atoms with van der Waals surface area (Å²) >= 11 is 0. The smallest absolute Gasteiger partial charge is 0.303 e. The van der Waals surface area contributed by atoms with E-state index in [2.05, 4.69) is 15.5 Å². The quantitative estimate of drug-likeness (QED) is 0.658. The molecule has 0 bridgehead atoms. The van der Waals surface area contributed by atoms with E-state index in [1.807, 2.05) is 12.1 Å². The van der Waals surface area contributed by atoms with Crippen molar-refractivity contribution in [1.29, 1.82) is 0 Å². The van der Waals surface area contributed by atoms with Crippen LogP contribution in [0.15, 0.2) is 18.3 Å². The van der Waals surface area contributed by atoms with Gasteiger partial charge in [-0.05, 0) is 25.0 Å². The molecule has 0 fully saturated rings. The van der Waals surface area contributed by atoms with Crippen LogP contribution in [0.25, 0.3) is 0 Å². The number of rotatable bonds is 8. The lowest BCUT2D eigenvalue weighted by Gasteiger charge is -2.03. The van der Waals surface area contributed by atoms with Gasteiger partial charge < -0.3 is 10.4 Å². The van der Waals surface area contributed by atoms with Crippen LogP contribution in [0.4, 0.5) is 5.82 Å². The minimum Gasteiger partial charge on any atom is -0.481 e. The van der Waals surface area contributed by atoms with Crippen molar-refractivity contribution in [2.45, 2.75) is 32.1 Å². The SMILES string of the molecule is O=C(O)CCCCCCNc1cccnn1. The molecule has 0 aromatic carbocycles. The summed E-state index contributed by atoms with van der Waals surface area (Å²) in [6, 6.07) is 3.71. The standard InChI is InChI=1S/C11H17N3O2/c15-11(16)7-3-1-2-4-8-12-10-6-5-9-13-14-10/h5-6,9H,1-4,7-8H2,(H,12,14)(H,15,16). The van der Waals surface area contributed by atoms with Gasteiger partial charge >= 0.3 is 5.97 Å². The van der Waals surface area contributed by atoms with Gasteiger partial charge in [0.15, 0.2) is 0 Å². The van der Waals surface area contributed by atoms with Crippen molar-refractivity contribution in [3.63, 3.8) is 0 Å². The molecule has 0 atom stereocenters. The van der Waals surface area contributed by atoms with Gasteiger partial charge in [0, 0.05) is 19.2 Å². The number of unbranched alkanes of at least 4 members (excludes halogenated alkanes) is 3. The molecule has 0 aliphatic carbocycles. The second-order valence-electron chi connectivity index (χ2n) is 3.59. The number of carboxylic acids is 1. The van der Waals surface area contributed by atoms with Crippen LogP contribution in [-0.2, 0) is 4.79 Å². The van der Waals surface area contributed by atoms with Crippen molar-refractivity contribution >= 4 is 11.8 Å². The van der Waals surface area contributed by atoms with Crippen molar-refractivity contribution in [3.8, 4) is 0 Å². The molecule has 1 aromatic rings. The van der Waals surface area contributed by atoms with Gasteiger partial charge in [-0.1, -0.05) is 12.8 Å². The van der Waals surface area contributed by atoms with Gasteiger partial charge in [0.2, 0.25) is 0 Å². The van der Waals surface area contributed by atoms with E-state index in [0.717, 1.165) is 38.0 Å². The van der Waals surface area contributed by atoms with Gasteiger partial charge in [0.1, 0.15) is 5.82 Å². The van der Waals surface area contributed by atoms with Gasteiger partial charge in [-0.25, -0.2) is 0 Å². The summed E-state index contributed by atoms with van der Waals surface area (Å²) in [5, 5.41) is 19.2. The van der Waals surface area contributed by atoms with Crippen LogP contribution in [0.2, 0.25) is 0 Å². The molecule has 0 amide bonds. The van der Waals surface area contributed by atoms with Crippen LogP contribution in [0.1, 0.15) is 32.1 Å². The zero-order valence-electron chi connectivity index (χ0n) is 9.22. The molecule has 0 saturated heterocycles. The van der Waals surface area contributed by atoms with Crippen molar-refractivity contribution in [2.24, 2.45) is 0 Å². The van der Waals surface area contributed by atoms with Crippen molar-refractivity contribution < 1.29 is 9.90 Å². The Morgan fingerprint density at radius 1 is 1.31 bits per heavy atom. The fourth-order valence-electron chi connectivity index (χ4n) is 1.37. The number of nitrogens with one attached hydrogen (secondary N) is 1. The monoisotopic (exact) mass is 223 g/mol. The molecule has 0 unspecified atom stereocenters. The third kappa shape index (κ3) is 5.95. The molecule has 2 N–H and O–H groups in total. The lowest BCUT2D eigenvalue weighted by Crippen LogP contribution is -2.03. The fourth-order valence-corrected chi connectivity index (χ4v) is 1.37. The summed E-state index contributed by atoms with van der Waals surface area (Å²) in [5.74, 6) is 0.0747. The molecule has 5 heteroatoms. The summed E-state index contributed by atoms with van der Waals surface area (Å²) in [6.45, 7) is 0.853. The van der Waals surface area contributed by atoms with Crippen molar-refractivity contribution in [3.05, 3.63) is 18.3 Å². The van der Waals surface area contributed by atoms with E-state index in [1.54, 1.807) is 6.20 Å². The lowest BCUT2D eigenvalue weighted by molar-refractivity contribution is -0.137. The highest BCUT2D eigenvalue weighted by Crippen LogP contribution is 2.04. The average Bonchev–Trinajstić information content (AvgIpc) is 2.29. The Morgan fingerprint density at radius 3 is 2.81 bits per heavy atom. The van der Waals surface area contributed by atoms with Gasteiger partial charge in [-0.15, -0.1) is 5.10 Å². The molecule has 1 aromatic heterocycles. The highest BCUT2D eigenvalue weighted by molar-refractivity contribution is 5.66. The lowest BCUT2D eigenvalue weighted by atomic mass is 10.1. The van der Waals surface area contributed by atoms with Crippen LogP contribution < -0.4 is 5.32 Å². The summed E-state index contributed by atoms with van der Waals surface area (Å²) in [6.07, 6.45) is 5.71. The topological polar surface area (TPSA) is 75.1 Å². The molecule has 0 saturated carbocycles. The maximum absolute atomic E-state index is 10.2. The van der Waals surface area contributed by atoms with Crippen LogP contribution in [-0.4, -0.2) is 27.8 Å². The molecule has 88 valence electrons. The van der Waals surface area contributed by atoms with E-state index >= 15 is 0 Å². The first kappa shape index (κ1) is 12.4. The number of nitrogens with zero attached hydrogens (tertiary/aromatic N) is 2. The normalized spacial score (nSPS) is 10.0. The first-order chi connectivity index (χ1) is 7.79. The number of hydrogen-bond donors (Lipinski definition) is 2.